The smallest absolute Gasteiger partial charge is 0.478 e. The number of nitrogen functional groups attached to an aromatic ring is 1. The Balaban J connectivity index is 2.48. The molecule has 0 aromatic heterocycles. The molecule has 0 heterocycles. The Morgan fingerprint density at radius 3 is 2.33 bits per heavy atom. The standard InChI is InChI=1S/C14H10F3NO3/c15-14(16,17)21-12-5-4-9(7-11(12)13(19)20)8-2-1-3-10(18)6-8/h1-7H,18H2,(H,19,20). The van der Waals surface area contributed by atoms with Gasteiger partial charge in [-0.15, -0.1) is 13.2 Å². The van der Waals surface area contributed by atoms with Crippen molar-refractivity contribution in [2.45, 2.75) is 6.36 Å². The Kier molecular flexibility index (Phi) is 3.75. The van der Waals surface area contributed by atoms with E-state index in [0.29, 0.717) is 16.8 Å². The SMILES string of the molecule is Nc1cccc(-c2ccc(OC(F)(F)F)c(C(=O)O)c2)c1. The van der Waals surface area contributed by atoms with Crippen LogP contribution >= 0.6 is 0 Å². The molecule has 0 saturated heterocycles. The van der Waals surface area contributed by atoms with E-state index in [4.69, 9.17) is 10.8 Å². The summed E-state index contributed by atoms with van der Waals surface area (Å²) in [5.41, 5.74) is 6.52. The molecule has 0 unspecified atom stereocenters. The van der Waals surface area contributed by atoms with Gasteiger partial charge in [0.25, 0.3) is 0 Å². The Morgan fingerprint density at radius 1 is 1.10 bits per heavy atom. The Morgan fingerprint density at radius 2 is 1.76 bits per heavy atom. The van der Waals surface area contributed by atoms with Gasteiger partial charge in [-0.25, -0.2) is 4.79 Å². The van der Waals surface area contributed by atoms with Crippen molar-refractivity contribution in [3.05, 3.63) is 48.0 Å². The molecule has 2 aromatic rings. The van der Waals surface area contributed by atoms with Crippen molar-refractivity contribution in [2.75, 3.05) is 5.73 Å². The Hall–Kier alpha value is -2.70. The molecule has 0 spiro atoms. The van der Waals surface area contributed by atoms with Gasteiger partial charge in [0.05, 0.1) is 0 Å². The maximum absolute atomic E-state index is 12.2. The third-order valence-corrected chi connectivity index (χ3v) is 2.66. The highest BCUT2D eigenvalue weighted by Gasteiger charge is 2.33. The number of ether oxygens (including phenoxy) is 1. The van der Waals surface area contributed by atoms with Crippen LogP contribution in [0.1, 0.15) is 10.4 Å². The van der Waals surface area contributed by atoms with E-state index in [1.807, 2.05) is 0 Å². The molecule has 0 aliphatic heterocycles. The third-order valence-electron chi connectivity index (χ3n) is 2.66. The van der Waals surface area contributed by atoms with Crippen molar-refractivity contribution in [2.24, 2.45) is 0 Å². The third kappa shape index (κ3) is 3.65. The largest absolute Gasteiger partial charge is 0.573 e. The molecule has 7 heteroatoms. The first-order chi connectivity index (χ1) is 9.76. The lowest BCUT2D eigenvalue weighted by Crippen LogP contribution is -2.19. The molecule has 3 N–H and O–H groups in total. The van der Waals surface area contributed by atoms with E-state index >= 15 is 0 Å². The highest BCUT2D eigenvalue weighted by atomic mass is 19.4. The van der Waals surface area contributed by atoms with Gasteiger partial charge in [-0.3, -0.25) is 0 Å². The van der Waals surface area contributed by atoms with E-state index in [-0.39, 0.29) is 0 Å². The number of rotatable bonds is 3. The topological polar surface area (TPSA) is 72.5 Å². The number of alkyl halides is 3. The lowest BCUT2D eigenvalue weighted by Gasteiger charge is -2.12. The van der Waals surface area contributed by atoms with E-state index in [2.05, 4.69) is 4.74 Å². The zero-order valence-electron chi connectivity index (χ0n) is 10.5. The van der Waals surface area contributed by atoms with Crippen LogP contribution in [0.2, 0.25) is 0 Å². The molecular formula is C14H10F3NO3. The second-order valence-corrected chi connectivity index (χ2v) is 4.19. The Bertz CT molecular complexity index is 683. The molecule has 0 bridgehead atoms. The van der Waals surface area contributed by atoms with Crippen LogP contribution in [0, 0.1) is 0 Å². The van der Waals surface area contributed by atoms with Gasteiger partial charge in [-0.05, 0) is 35.4 Å². The molecule has 0 aliphatic carbocycles. The summed E-state index contributed by atoms with van der Waals surface area (Å²) in [6.07, 6.45) is -4.96. The zero-order chi connectivity index (χ0) is 15.6. The van der Waals surface area contributed by atoms with E-state index in [0.717, 1.165) is 12.1 Å². The molecule has 110 valence electrons. The van der Waals surface area contributed by atoms with E-state index in [9.17, 15) is 18.0 Å². The van der Waals surface area contributed by atoms with Crippen molar-refractivity contribution in [3.63, 3.8) is 0 Å². The number of anilines is 1. The fraction of sp³-hybridized carbons (Fsp3) is 0.0714. The van der Waals surface area contributed by atoms with Crippen molar-refractivity contribution in [1.29, 1.82) is 0 Å². The average molecular weight is 297 g/mol. The van der Waals surface area contributed by atoms with E-state index in [1.165, 1.54) is 6.07 Å². The van der Waals surface area contributed by atoms with Gasteiger partial charge in [0.1, 0.15) is 11.3 Å². The van der Waals surface area contributed by atoms with Crippen molar-refractivity contribution < 1.29 is 27.8 Å². The van der Waals surface area contributed by atoms with Gasteiger partial charge >= 0.3 is 12.3 Å². The van der Waals surface area contributed by atoms with Gasteiger partial charge < -0.3 is 15.6 Å². The predicted molar refractivity (Wildman–Crippen MR) is 69.9 cm³/mol. The van der Waals surface area contributed by atoms with Gasteiger partial charge in [0, 0.05) is 5.69 Å². The first-order valence-corrected chi connectivity index (χ1v) is 5.75. The molecule has 2 aromatic carbocycles. The minimum absolute atomic E-state index is 0.425. The first kappa shape index (κ1) is 14.7. The summed E-state index contributed by atoms with van der Waals surface area (Å²) >= 11 is 0. The molecule has 0 aliphatic rings. The number of benzene rings is 2. The molecule has 21 heavy (non-hydrogen) atoms. The molecular weight excluding hydrogens is 287 g/mol. The van der Waals surface area contributed by atoms with Crippen LogP contribution in [0.5, 0.6) is 5.75 Å². The van der Waals surface area contributed by atoms with Gasteiger partial charge in [-0.2, -0.15) is 0 Å². The molecule has 0 amide bonds. The number of hydrogen-bond donors (Lipinski definition) is 2. The lowest BCUT2D eigenvalue weighted by atomic mass is 10.0. The van der Waals surface area contributed by atoms with Crippen LogP contribution in [0.25, 0.3) is 11.1 Å². The number of carboxylic acid groups (broad SMARTS) is 1. The number of aromatic carboxylic acids is 1. The summed E-state index contributed by atoms with van der Waals surface area (Å²) < 4.78 is 40.4. The fourth-order valence-corrected chi connectivity index (χ4v) is 1.81. The highest BCUT2D eigenvalue weighted by molar-refractivity contribution is 5.92. The minimum atomic E-state index is -4.96. The van der Waals surface area contributed by atoms with Crippen molar-refractivity contribution in [1.82, 2.24) is 0 Å². The summed E-state index contributed by atoms with van der Waals surface area (Å²) in [6.45, 7) is 0. The Labute approximate surface area is 117 Å². The van der Waals surface area contributed by atoms with Gasteiger partial charge in [0.15, 0.2) is 0 Å². The highest BCUT2D eigenvalue weighted by Crippen LogP contribution is 2.31. The number of hydrogen-bond acceptors (Lipinski definition) is 3. The number of nitrogens with two attached hydrogens (primary N) is 1. The average Bonchev–Trinajstić information content (AvgIpc) is 2.37. The van der Waals surface area contributed by atoms with Gasteiger partial charge in [0.2, 0.25) is 0 Å². The fourth-order valence-electron chi connectivity index (χ4n) is 1.81. The monoisotopic (exact) mass is 297 g/mol. The second kappa shape index (κ2) is 5.35. The van der Waals surface area contributed by atoms with E-state index in [1.54, 1.807) is 24.3 Å². The van der Waals surface area contributed by atoms with Crippen molar-refractivity contribution in [3.8, 4) is 16.9 Å². The van der Waals surface area contributed by atoms with Crippen LogP contribution in [0.4, 0.5) is 18.9 Å². The van der Waals surface area contributed by atoms with Crippen LogP contribution in [0.3, 0.4) is 0 Å². The maximum Gasteiger partial charge on any atom is 0.573 e. The van der Waals surface area contributed by atoms with Crippen LogP contribution < -0.4 is 10.5 Å². The minimum Gasteiger partial charge on any atom is -0.478 e. The normalized spacial score (nSPS) is 11.2. The van der Waals surface area contributed by atoms with Crippen LogP contribution in [-0.4, -0.2) is 17.4 Å². The zero-order valence-corrected chi connectivity index (χ0v) is 10.5. The molecule has 4 nitrogen and oxygen atoms in total. The summed E-state index contributed by atoms with van der Waals surface area (Å²) in [4.78, 5) is 11.1. The molecule has 0 saturated carbocycles. The van der Waals surface area contributed by atoms with Crippen LogP contribution in [0.15, 0.2) is 42.5 Å². The lowest BCUT2D eigenvalue weighted by molar-refractivity contribution is -0.274. The first-order valence-electron chi connectivity index (χ1n) is 5.75. The number of halogens is 3. The molecule has 0 atom stereocenters. The van der Waals surface area contributed by atoms with Crippen LogP contribution in [-0.2, 0) is 0 Å². The molecule has 0 fully saturated rings. The molecule has 0 radical (unpaired) electrons. The maximum atomic E-state index is 12.2. The quantitative estimate of drug-likeness (QED) is 0.850. The summed E-state index contributed by atoms with van der Waals surface area (Å²) in [5.74, 6) is -2.28. The second-order valence-electron chi connectivity index (χ2n) is 4.19. The van der Waals surface area contributed by atoms with Crippen molar-refractivity contribution >= 4 is 11.7 Å². The summed E-state index contributed by atoms with van der Waals surface area (Å²) in [5, 5.41) is 9.02. The number of carbonyl (C=O) groups is 1. The number of carboxylic acids is 1. The van der Waals surface area contributed by atoms with Gasteiger partial charge in [-0.1, -0.05) is 18.2 Å². The molecule has 2 rings (SSSR count). The van der Waals surface area contributed by atoms with E-state index < -0.39 is 23.6 Å². The predicted octanol–water partition coefficient (Wildman–Crippen LogP) is 3.53. The summed E-state index contributed by atoms with van der Waals surface area (Å²) in [6, 6.07) is 9.97. The summed E-state index contributed by atoms with van der Waals surface area (Å²) in [7, 11) is 0.